The molecule has 3 nitrogen and oxygen atoms in total. The van der Waals surface area contributed by atoms with Gasteiger partial charge in [0.15, 0.2) is 9.84 Å². The molecular formula is C16H18ClNO2S. The van der Waals surface area contributed by atoms with Crippen LogP contribution in [0.25, 0.3) is 0 Å². The summed E-state index contributed by atoms with van der Waals surface area (Å²) in [4.78, 5) is 0.318. The molecule has 2 rings (SSSR count). The lowest BCUT2D eigenvalue weighted by Crippen LogP contribution is -2.15. The van der Waals surface area contributed by atoms with Crippen LogP contribution < -0.4 is 5.32 Å². The predicted molar refractivity (Wildman–Crippen MR) is 87.7 cm³/mol. The topological polar surface area (TPSA) is 46.2 Å². The van der Waals surface area contributed by atoms with E-state index >= 15 is 0 Å². The Hall–Kier alpha value is -1.52. The standard InChI is InChI=1S/C16H18ClNO2S/c1-2-21(19,20)16-11-7-6-10-14(16)18-15(12-17)13-8-4-3-5-9-13/h3-11,15,18H,2,12H2,1H3. The van der Waals surface area contributed by atoms with Crippen molar-refractivity contribution in [2.24, 2.45) is 0 Å². The monoisotopic (exact) mass is 323 g/mol. The van der Waals surface area contributed by atoms with E-state index in [4.69, 9.17) is 11.6 Å². The van der Waals surface area contributed by atoms with Crippen molar-refractivity contribution in [3.05, 3.63) is 60.2 Å². The Morgan fingerprint density at radius 3 is 2.29 bits per heavy atom. The van der Waals surface area contributed by atoms with Crippen LogP contribution in [-0.2, 0) is 9.84 Å². The highest BCUT2D eigenvalue weighted by Gasteiger charge is 2.18. The van der Waals surface area contributed by atoms with Crippen LogP contribution in [0.1, 0.15) is 18.5 Å². The number of para-hydroxylation sites is 1. The molecule has 0 fully saturated rings. The van der Waals surface area contributed by atoms with E-state index in [1.54, 1.807) is 25.1 Å². The second kappa shape index (κ2) is 6.96. The van der Waals surface area contributed by atoms with Crippen LogP contribution in [-0.4, -0.2) is 20.1 Å². The van der Waals surface area contributed by atoms with Crippen molar-refractivity contribution >= 4 is 27.1 Å². The fourth-order valence-corrected chi connectivity index (χ4v) is 3.41. The largest absolute Gasteiger partial charge is 0.376 e. The Balaban J connectivity index is 2.35. The van der Waals surface area contributed by atoms with Crippen LogP contribution in [0.5, 0.6) is 0 Å². The van der Waals surface area contributed by atoms with E-state index in [1.165, 1.54) is 0 Å². The van der Waals surface area contributed by atoms with Gasteiger partial charge in [-0.1, -0.05) is 49.4 Å². The fourth-order valence-electron chi connectivity index (χ4n) is 2.10. The molecule has 0 amide bonds. The number of sulfone groups is 1. The third-order valence-electron chi connectivity index (χ3n) is 3.29. The van der Waals surface area contributed by atoms with E-state index < -0.39 is 9.84 Å². The van der Waals surface area contributed by atoms with E-state index in [-0.39, 0.29) is 11.8 Å². The summed E-state index contributed by atoms with van der Waals surface area (Å²) in [6, 6.07) is 16.5. The van der Waals surface area contributed by atoms with Gasteiger partial charge in [0.25, 0.3) is 0 Å². The van der Waals surface area contributed by atoms with Crippen molar-refractivity contribution in [2.75, 3.05) is 16.9 Å². The Morgan fingerprint density at radius 2 is 1.67 bits per heavy atom. The highest BCUT2D eigenvalue weighted by Crippen LogP contribution is 2.27. The van der Waals surface area contributed by atoms with Gasteiger partial charge in [-0.25, -0.2) is 8.42 Å². The molecule has 0 heterocycles. The number of hydrogen-bond acceptors (Lipinski definition) is 3. The van der Waals surface area contributed by atoms with Gasteiger partial charge in [-0.05, 0) is 17.7 Å². The molecule has 0 saturated carbocycles. The quantitative estimate of drug-likeness (QED) is 0.821. The number of hydrogen-bond donors (Lipinski definition) is 1. The van der Waals surface area contributed by atoms with Crippen molar-refractivity contribution in [1.82, 2.24) is 0 Å². The molecule has 1 atom stereocenters. The summed E-state index contributed by atoms with van der Waals surface area (Å²) in [5, 5.41) is 3.24. The number of rotatable bonds is 6. The summed E-state index contributed by atoms with van der Waals surface area (Å²) in [5.41, 5.74) is 1.62. The molecular weight excluding hydrogens is 306 g/mol. The highest BCUT2D eigenvalue weighted by atomic mass is 35.5. The maximum absolute atomic E-state index is 12.2. The van der Waals surface area contributed by atoms with Crippen LogP contribution >= 0.6 is 11.6 Å². The Bertz CT molecular complexity index is 686. The number of alkyl halides is 1. The molecule has 2 aromatic carbocycles. The van der Waals surface area contributed by atoms with Crippen molar-refractivity contribution in [3.8, 4) is 0 Å². The number of nitrogens with one attached hydrogen (secondary N) is 1. The average Bonchev–Trinajstić information content (AvgIpc) is 2.53. The predicted octanol–water partition coefficient (Wildman–Crippen LogP) is 3.87. The molecule has 1 N–H and O–H groups in total. The Labute approximate surface area is 130 Å². The maximum Gasteiger partial charge on any atom is 0.180 e. The van der Waals surface area contributed by atoms with Crippen LogP contribution in [0.3, 0.4) is 0 Å². The molecule has 112 valence electrons. The lowest BCUT2D eigenvalue weighted by atomic mass is 10.1. The van der Waals surface area contributed by atoms with Gasteiger partial charge in [-0.2, -0.15) is 0 Å². The summed E-state index contributed by atoms with van der Waals surface area (Å²) in [6.45, 7) is 1.64. The van der Waals surface area contributed by atoms with Gasteiger partial charge < -0.3 is 5.32 Å². The lowest BCUT2D eigenvalue weighted by Gasteiger charge is -2.20. The van der Waals surface area contributed by atoms with Crippen LogP contribution in [0, 0.1) is 0 Å². The third kappa shape index (κ3) is 3.77. The van der Waals surface area contributed by atoms with Gasteiger partial charge >= 0.3 is 0 Å². The second-order valence-corrected chi connectivity index (χ2v) is 7.22. The van der Waals surface area contributed by atoms with Gasteiger partial charge in [0.2, 0.25) is 0 Å². The fraction of sp³-hybridized carbons (Fsp3) is 0.250. The van der Waals surface area contributed by atoms with Crippen molar-refractivity contribution in [2.45, 2.75) is 17.9 Å². The lowest BCUT2D eigenvalue weighted by molar-refractivity contribution is 0.597. The highest BCUT2D eigenvalue weighted by molar-refractivity contribution is 7.91. The molecule has 0 radical (unpaired) electrons. The van der Waals surface area contributed by atoms with E-state index in [2.05, 4.69) is 5.32 Å². The SMILES string of the molecule is CCS(=O)(=O)c1ccccc1NC(CCl)c1ccccc1. The molecule has 2 aromatic rings. The number of benzene rings is 2. The molecule has 0 saturated heterocycles. The van der Waals surface area contributed by atoms with Gasteiger partial charge in [0.1, 0.15) is 0 Å². The normalized spacial score (nSPS) is 12.9. The first kappa shape index (κ1) is 15.9. The first-order valence-corrected chi connectivity index (χ1v) is 8.96. The molecule has 0 spiro atoms. The van der Waals surface area contributed by atoms with Gasteiger partial charge in [-0.3, -0.25) is 0 Å². The molecule has 5 heteroatoms. The van der Waals surface area contributed by atoms with E-state index in [0.717, 1.165) is 5.56 Å². The number of anilines is 1. The molecule has 0 aromatic heterocycles. The first-order chi connectivity index (χ1) is 10.1. The van der Waals surface area contributed by atoms with Crippen molar-refractivity contribution in [1.29, 1.82) is 0 Å². The minimum Gasteiger partial charge on any atom is -0.376 e. The molecule has 0 aliphatic carbocycles. The zero-order valence-corrected chi connectivity index (χ0v) is 13.4. The average molecular weight is 324 g/mol. The van der Waals surface area contributed by atoms with Crippen LogP contribution in [0.15, 0.2) is 59.5 Å². The van der Waals surface area contributed by atoms with Crippen molar-refractivity contribution in [3.63, 3.8) is 0 Å². The van der Waals surface area contributed by atoms with Crippen LogP contribution in [0.4, 0.5) is 5.69 Å². The smallest absolute Gasteiger partial charge is 0.180 e. The first-order valence-electron chi connectivity index (χ1n) is 6.77. The summed E-state index contributed by atoms with van der Waals surface area (Å²) in [7, 11) is -3.27. The summed E-state index contributed by atoms with van der Waals surface area (Å²) in [5.74, 6) is 0.424. The molecule has 1 unspecified atom stereocenters. The molecule has 0 aliphatic rings. The summed E-state index contributed by atoms with van der Waals surface area (Å²) >= 11 is 6.04. The minimum atomic E-state index is -3.27. The maximum atomic E-state index is 12.2. The molecule has 0 aliphatic heterocycles. The number of halogens is 1. The second-order valence-electron chi connectivity index (χ2n) is 4.66. The zero-order chi connectivity index (χ0) is 15.3. The van der Waals surface area contributed by atoms with Gasteiger partial charge in [-0.15, -0.1) is 11.6 Å². The van der Waals surface area contributed by atoms with Gasteiger partial charge in [0, 0.05) is 5.88 Å². The van der Waals surface area contributed by atoms with Gasteiger partial charge in [0.05, 0.1) is 22.4 Å². The Kier molecular flexibility index (Phi) is 5.26. The van der Waals surface area contributed by atoms with E-state index in [0.29, 0.717) is 16.5 Å². The molecule has 0 bridgehead atoms. The van der Waals surface area contributed by atoms with Crippen LogP contribution in [0.2, 0.25) is 0 Å². The Morgan fingerprint density at radius 1 is 1.05 bits per heavy atom. The summed E-state index contributed by atoms with van der Waals surface area (Å²) in [6.07, 6.45) is 0. The molecule has 21 heavy (non-hydrogen) atoms. The minimum absolute atomic E-state index is 0.0720. The third-order valence-corrected chi connectivity index (χ3v) is 5.38. The zero-order valence-electron chi connectivity index (χ0n) is 11.8. The van der Waals surface area contributed by atoms with E-state index in [1.807, 2.05) is 36.4 Å². The summed E-state index contributed by atoms with van der Waals surface area (Å²) < 4.78 is 24.3. The van der Waals surface area contributed by atoms with E-state index in [9.17, 15) is 8.42 Å². The van der Waals surface area contributed by atoms with Crippen molar-refractivity contribution < 1.29 is 8.42 Å².